The standard InChI is InChI=1S/C9H8F3IO2/c1-2-15-7-4-5(14)3-6(13)8(7)9(10,11)12/h3-4,14H,2H2,1H3. The van der Waals surface area contributed by atoms with Gasteiger partial charge in [-0.05, 0) is 35.6 Å². The fourth-order valence-corrected chi connectivity index (χ4v) is 2.00. The SMILES string of the molecule is CCOc1cc(O)cc(I)c1C(F)(F)F. The highest BCUT2D eigenvalue weighted by atomic mass is 127. The minimum atomic E-state index is -4.48. The maximum absolute atomic E-state index is 12.6. The number of halogens is 4. The number of phenolic OH excluding ortho intramolecular Hbond substituents is 1. The van der Waals surface area contributed by atoms with Crippen LogP contribution in [0.15, 0.2) is 12.1 Å². The molecule has 0 aliphatic carbocycles. The largest absolute Gasteiger partial charge is 0.508 e. The second-order valence-corrected chi connectivity index (χ2v) is 3.89. The highest BCUT2D eigenvalue weighted by Gasteiger charge is 2.37. The first kappa shape index (κ1) is 12.4. The molecule has 0 unspecified atom stereocenters. The summed E-state index contributed by atoms with van der Waals surface area (Å²) in [7, 11) is 0. The average Bonchev–Trinajstić information content (AvgIpc) is 1.99. The van der Waals surface area contributed by atoms with Gasteiger partial charge in [-0.1, -0.05) is 0 Å². The molecule has 0 amide bonds. The number of hydrogen-bond donors (Lipinski definition) is 1. The van der Waals surface area contributed by atoms with E-state index in [1.807, 2.05) is 0 Å². The van der Waals surface area contributed by atoms with E-state index in [1.165, 1.54) is 22.6 Å². The Morgan fingerprint density at radius 3 is 2.47 bits per heavy atom. The van der Waals surface area contributed by atoms with Crippen LogP contribution >= 0.6 is 22.6 Å². The van der Waals surface area contributed by atoms with Crippen LogP contribution < -0.4 is 4.74 Å². The van der Waals surface area contributed by atoms with E-state index in [1.54, 1.807) is 6.92 Å². The molecule has 0 radical (unpaired) electrons. The minimum absolute atomic E-state index is 0.0800. The van der Waals surface area contributed by atoms with E-state index >= 15 is 0 Å². The lowest BCUT2D eigenvalue weighted by molar-refractivity contribution is -0.139. The van der Waals surface area contributed by atoms with Crippen molar-refractivity contribution in [2.75, 3.05) is 6.61 Å². The second kappa shape index (κ2) is 4.46. The Hall–Kier alpha value is -0.660. The normalized spacial score (nSPS) is 11.5. The molecule has 0 heterocycles. The van der Waals surface area contributed by atoms with Gasteiger partial charge in [0.2, 0.25) is 0 Å². The summed E-state index contributed by atoms with van der Waals surface area (Å²) < 4.78 is 42.6. The van der Waals surface area contributed by atoms with Crippen LogP contribution in [0.4, 0.5) is 13.2 Å². The van der Waals surface area contributed by atoms with Crippen LogP contribution in [0.25, 0.3) is 0 Å². The summed E-state index contributed by atoms with van der Waals surface area (Å²) in [6.45, 7) is 1.69. The van der Waals surface area contributed by atoms with E-state index in [4.69, 9.17) is 9.84 Å². The van der Waals surface area contributed by atoms with Gasteiger partial charge in [0.15, 0.2) is 0 Å². The molecular formula is C9H8F3IO2. The van der Waals surface area contributed by atoms with Crippen molar-refractivity contribution in [3.63, 3.8) is 0 Å². The summed E-state index contributed by atoms with van der Waals surface area (Å²) in [5.74, 6) is -0.578. The first-order chi connectivity index (χ1) is 6.86. The predicted octanol–water partition coefficient (Wildman–Crippen LogP) is 3.41. The monoisotopic (exact) mass is 332 g/mol. The van der Waals surface area contributed by atoms with E-state index in [0.29, 0.717) is 0 Å². The molecule has 6 heteroatoms. The number of alkyl halides is 3. The minimum Gasteiger partial charge on any atom is -0.508 e. The molecule has 1 aromatic rings. The summed E-state index contributed by atoms with van der Waals surface area (Å²) in [6.07, 6.45) is -4.48. The molecule has 0 bridgehead atoms. The van der Waals surface area contributed by atoms with Crippen LogP contribution in [0, 0.1) is 3.57 Å². The zero-order valence-corrected chi connectivity index (χ0v) is 9.89. The Morgan fingerprint density at radius 2 is 2.00 bits per heavy atom. The molecule has 15 heavy (non-hydrogen) atoms. The Kier molecular flexibility index (Phi) is 3.69. The van der Waals surface area contributed by atoms with Gasteiger partial charge < -0.3 is 9.84 Å². The molecule has 0 aliphatic rings. The number of rotatable bonds is 2. The van der Waals surface area contributed by atoms with Crippen molar-refractivity contribution >= 4 is 22.6 Å². The van der Waals surface area contributed by atoms with Crippen LogP contribution in [0.3, 0.4) is 0 Å². The van der Waals surface area contributed by atoms with Gasteiger partial charge in [0, 0.05) is 9.64 Å². The van der Waals surface area contributed by atoms with Crippen molar-refractivity contribution in [1.29, 1.82) is 0 Å². The van der Waals surface area contributed by atoms with Crippen molar-refractivity contribution in [2.45, 2.75) is 13.1 Å². The molecule has 2 nitrogen and oxygen atoms in total. The topological polar surface area (TPSA) is 29.5 Å². The maximum Gasteiger partial charge on any atom is 0.420 e. The Bertz CT molecular complexity index is 363. The van der Waals surface area contributed by atoms with E-state index < -0.39 is 11.7 Å². The Labute approximate surface area is 98.2 Å². The lowest BCUT2D eigenvalue weighted by Crippen LogP contribution is -2.10. The Morgan fingerprint density at radius 1 is 1.40 bits per heavy atom. The molecule has 0 saturated heterocycles. The molecule has 0 atom stereocenters. The third-order valence-corrected chi connectivity index (χ3v) is 2.47. The van der Waals surface area contributed by atoms with E-state index in [2.05, 4.69) is 0 Å². The molecule has 1 rings (SSSR count). The number of benzene rings is 1. The smallest absolute Gasteiger partial charge is 0.420 e. The van der Waals surface area contributed by atoms with Gasteiger partial charge >= 0.3 is 6.18 Å². The van der Waals surface area contributed by atoms with E-state index in [-0.39, 0.29) is 21.7 Å². The lowest BCUT2D eigenvalue weighted by atomic mass is 10.2. The molecule has 0 spiro atoms. The highest BCUT2D eigenvalue weighted by Crippen LogP contribution is 2.41. The fourth-order valence-electron chi connectivity index (χ4n) is 1.11. The van der Waals surface area contributed by atoms with Gasteiger partial charge in [0.25, 0.3) is 0 Å². The van der Waals surface area contributed by atoms with Crippen molar-refractivity contribution in [1.82, 2.24) is 0 Å². The number of aromatic hydroxyl groups is 1. The summed E-state index contributed by atoms with van der Waals surface area (Å²) in [4.78, 5) is 0. The van der Waals surface area contributed by atoms with E-state index in [0.717, 1.165) is 12.1 Å². The first-order valence-electron chi connectivity index (χ1n) is 4.08. The third kappa shape index (κ3) is 2.90. The van der Waals surface area contributed by atoms with Crippen molar-refractivity contribution in [3.05, 3.63) is 21.3 Å². The van der Waals surface area contributed by atoms with Crippen molar-refractivity contribution < 1.29 is 23.0 Å². The average molecular weight is 332 g/mol. The summed E-state index contributed by atoms with van der Waals surface area (Å²) >= 11 is 1.52. The van der Waals surface area contributed by atoms with Gasteiger partial charge in [-0.25, -0.2) is 0 Å². The molecule has 0 aromatic heterocycles. The van der Waals surface area contributed by atoms with Gasteiger partial charge in [-0.15, -0.1) is 0 Å². The fraction of sp³-hybridized carbons (Fsp3) is 0.333. The van der Waals surface area contributed by atoms with E-state index in [9.17, 15) is 13.2 Å². The number of hydrogen-bond acceptors (Lipinski definition) is 2. The predicted molar refractivity (Wildman–Crippen MR) is 57.0 cm³/mol. The highest BCUT2D eigenvalue weighted by molar-refractivity contribution is 14.1. The maximum atomic E-state index is 12.6. The lowest BCUT2D eigenvalue weighted by Gasteiger charge is -2.15. The quantitative estimate of drug-likeness (QED) is 0.841. The summed E-state index contributed by atoms with van der Waals surface area (Å²) in [6, 6.07) is 2.01. The molecular weight excluding hydrogens is 324 g/mol. The molecule has 1 aromatic carbocycles. The van der Waals surface area contributed by atoms with Crippen LogP contribution in [-0.4, -0.2) is 11.7 Å². The van der Waals surface area contributed by atoms with Crippen molar-refractivity contribution in [2.24, 2.45) is 0 Å². The number of phenols is 1. The molecule has 0 aliphatic heterocycles. The Balaban J connectivity index is 3.33. The first-order valence-corrected chi connectivity index (χ1v) is 5.16. The molecule has 1 N–H and O–H groups in total. The summed E-state index contributed by atoms with van der Waals surface area (Å²) in [5.41, 5.74) is -0.845. The van der Waals surface area contributed by atoms with Gasteiger partial charge in [-0.3, -0.25) is 0 Å². The van der Waals surface area contributed by atoms with Crippen LogP contribution in [0.2, 0.25) is 0 Å². The second-order valence-electron chi connectivity index (χ2n) is 2.73. The molecule has 84 valence electrons. The molecule has 0 saturated carbocycles. The van der Waals surface area contributed by atoms with Gasteiger partial charge in [0.1, 0.15) is 17.1 Å². The van der Waals surface area contributed by atoms with Crippen molar-refractivity contribution in [3.8, 4) is 11.5 Å². The molecule has 0 fully saturated rings. The van der Waals surface area contributed by atoms with Crippen LogP contribution in [-0.2, 0) is 6.18 Å². The van der Waals surface area contributed by atoms with Crippen LogP contribution in [0.5, 0.6) is 11.5 Å². The summed E-state index contributed by atoms with van der Waals surface area (Å²) in [5, 5.41) is 9.16. The number of ether oxygens (including phenoxy) is 1. The van der Waals surface area contributed by atoms with Gasteiger partial charge in [-0.2, -0.15) is 13.2 Å². The van der Waals surface area contributed by atoms with Gasteiger partial charge in [0.05, 0.1) is 6.61 Å². The zero-order chi connectivity index (χ0) is 11.6. The third-order valence-electron chi connectivity index (χ3n) is 1.62. The van der Waals surface area contributed by atoms with Crippen LogP contribution in [0.1, 0.15) is 12.5 Å². The zero-order valence-electron chi connectivity index (χ0n) is 7.73.